The van der Waals surface area contributed by atoms with Crippen molar-refractivity contribution in [1.82, 2.24) is 9.62 Å². The van der Waals surface area contributed by atoms with Crippen LogP contribution < -0.4 is 10.1 Å². The predicted molar refractivity (Wildman–Crippen MR) is 122 cm³/mol. The van der Waals surface area contributed by atoms with E-state index in [0.717, 1.165) is 37.9 Å². The Morgan fingerprint density at radius 3 is 2.48 bits per heavy atom. The van der Waals surface area contributed by atoms with Crippen LogP contribution in [0.3, 0.4) is 0 Å². The fourth-order valence-corrected chi connectivity index (χ4v) is 5.58. The molecule has 1 saturated heterocycles. The number of carbonyl (C=O) groups is 1. The van der Waals surface area contributed by atoms with Crippen LogP contribution in [0.5, 0.6) is 5.75 Å². The van der Waals surface area contributed by atoms with Crippen LogP contribution in [0.15, 0.2) is 47.4 Å². The van der Waals surface area contributed by atoms with E-state index in [0.29, 0.717) is 26.2 Å². The highest BCUT2D eigenvalue weighted by Crippen LogP contribution is 2.27. The number of hydrogen-bond donors (Lipinski definition) is 1. The van der Waals surface area contributed by atoms with E-state index in [2.05, 4.69) is 12.2 Å². The number of halogens is 1. The molecule has 2 aromatic rings. The Hall–Kier alpha value is -2.09. The van der Waals surface area contributed by atoms with Crippen LogP contribution in [0.2, 0.25) is 5.02 Å². The maximum Gasteiger partial charge on any atom is 0.251 e. The zero-order chi connectivity index (χ0) is 22.3. The first-order chi connectivity index (χ1) is 14.9. The minimum atomic E-state index is -3.72. The van der Waals surface area contributed by atoms with Crippen LogP contribution >= 0.6 is 11.6 Å². The normalized spacial score (nSPS) is 14.9. The van der Waals surface area contributed by atoms with Crippen molar-refractivity contribution in [3.05, 3.63) is 58.6 Å². The molecule has 3 rings (SSSR count). The van der Waals surface area contributed by atoms with Crippen LogP contribution in [0.25, 0.3) is 0 Å². The summed E-state index contributed by atoms with van der Waals surface area (Å²) in [6, 6.07) is 12.3. The first kappa shape index (κ1) is 23.6. The molecule has 0 atom stereocenters. The van der Waals surface area contributed by atoms with Gasteiger partial charge in [0.2, 0.25) is 10.0 Å². The van der Waals surface area contributed by atoms with E-state index in [4.69, 9.17) is 16.3 Å². The van der Waals surface area contributed by atoms with Crippen LogP contribution in [-0.4, -0.2) is 44.9 Å². The molecular weight excluding hydrogens is 436 g/mol. The van der Waals surface area contributed by atoms with Crippen molar-refractivity contribution in [2.45, 2.75) is 43.9 Å². The minimum Gasteiger partial charge on any atom is -0.492 e. The van der Waals surface area contributed by atoms with Gasteiger partial charge in [-0.1, -0.05) is 43.5 Å². The van der Waals surface area contributed by atoms with Crippen molar-refractivity contribution >= 4 is 27.5 Å². The van der Waals surface area contributed by atoms with Crippen LogP contribution in [0, 0.1) is 0 Å². The quantitative estimate of drug-likeness (QED) is 0.562. The number of nitrogens with one attached hydrogen (secondary N) is 1. The van der Waals surface area contributed by atoms with Crippen molar-refractivity contribution in [2.75, 3.05) is 26.2 Å². The van der Waals surface area contributed by atoms with Crippen molar-refractivity contribution < 1.29 is 17.9 Å². The Morgan fingerprint density at radius 1 is 1.10 bits per heavy atom. The van der Waals surface area contributed by atoms with E-state index in [1.807, 2.05) is 24.3 Å². The average Bonchev–Trinajstić information content (AvgIpc) is 2.78. The highest BCUT2D eigenvalue weighted by Gasteiger charge is 2.28. The van der Waals surface area contributed by atoms with Gasteiger partial charge in [0.1, 0.15) is 17.3 Å². The first-order valence-corrected chi connectivity index (χ1v) is 12.5. The average molecular weight is 465 g/mol. The van der Waals surface area contributed by atoms with Crippen molar-refractivity contribution in [2.24, 2.45) is 0 Å². The van der Waals surface area contributed by atoms with E-state index in [9.17, 15) is 13.2 Å². The summed E-state index contributed by atoms with van der Waals surface area (Å²) in [4.78, 5) is 12.5. The van der Waals surface area contributed by atoms with Crippen LogP contribution in [-0.2, 0) is 16.4 Å². The second kappa shape index (κ2) is 11.0. The summed E-state index contributed by atoms with van der Waals surface area (Å²) in [7, 11) is -3.72. The summed E-state index contributed by atoms with van der Waals surface area (Å²) in [5, 5.41) is 2.89. The lowest BCUT2D eigenvalue weighted by molar-refractivity contribution is 0.0947. The summed E-state index contributed by atoms with van der Waals surface area (Å²) < 4.78 is 33.0. The van der Waals surface area contributed by atoms with E-state index >= 15 is 0 Å². The first-order valence-electron chi connectivity index (χ1n) is 10.7. The smallest absolute Gasteiger partial charge is 0.251 e. The third kappa shape index (κ3) is 6.21. The standard InChI is InChI=1S/C23H29ClN2O4S/c1-2-6-18-7-10-20(11-8-18)30-16-13-25-23(27)19-9-12-21(24)22(17-19)31(28,29)26-14-4-3-5-15-26/h7-12,17H,2-6,13-16H2,1H3,(H,25,27). The number of aryl methyl sites for hydroxylation is 1. The summed E-state index contributed by atoms with van der Waals surface area (Å²) in [5.41, 5.74) is 1.52. The topological polar surface area (TPSA) is 75.7 Å². The van der Waals surface area contributed by atoms with Gasteiger partial charge in [0.25, 0.3) is 5.91 Å². The molecule has 1 aliphatic heterocycles. The molecule has 2 aromatic carbocycles. The highest BCUT2D eigenvalue weighted by atomic mass is 35.5. The van der Waals surface area contributed by atoms with Gasteiger partial charge < -0.3 is 10.1 Å². The van der Waals surface area contributed by atoms with Crippen LogP contribution in [0.4, 0.5) is 0 Å². The van der Waals surface area contributed by atoms with Crippen molar-refractivity contribution in [1.29, 1.82) is 0 Å². The van der Waals surface area contributed by atoms with Gasteiger partial charge >= 0.3 is 0 Å². The molecule has 0 aliphatic carbocycles. The van der Waals surface area contributed by atoms with E-state index < -0.39 is 10.0 Å². The lowest BCUT2D eigenvalue weighted by atomic mass is 10.1. The zero-order valence-corrected chi connectivity index (χ0v) is 19.3. The number of nitrogens with zero attached hydrogens (tertiary/aromatic N) is 1. The predicted octanol–water partition coefficient (Wildman–Crippen LogP) is 4.28. The SMILES string of the molecule is CCCc1ccc(OCCNC(=O)c2ccc(Cl)c(S(=O)(=O)N3CCCCC3)c2)cc1. The molecule has 0 aromatic heterocycles. The number of benzene rings is 2. The Kier molecular flexibility index (Phi) is 8.35. The van der Waals surface area contributed by atoms with Gasteiger partial charge in [0.05, 0.1) is 11.6 Å². The molecule has 1 amide bonds. The largest absolute Gasteiger partial charge is 0.492 e. The number of ether oxygens (including phenoxy) is 1. The number of carbonyl (C=O) groups excluding carboxylic acids is 1. The number of amides is 1. The fraction of sp³-hybridized carbons (Fsp3) is 0.435. The summed E-state index contributed by atoms with van der Waals surface area (Å²) in [5.74, 6) is 0.379. The second-order valence-corrected chi connectivity index (χ2v) is 9.92. The van der Waals surface area contributed by atoms with Gasteiger partial charge in [0, 0.05) is 18.7 Å². The van der Waals surface area contributed by atoms with Crippen molar-refractivity contribution in [3.8, 4) is 5.75 Å². The highest BCUT2D eigenvalue weighted by molar-refractivity contribution is 7.89. The number of piperidine rings is 1. The monoisotopic (exact) mass is 464 g/mol. The molecule has 1 aliphatic rings. The van der Waals surface area contributed by atoms with E-state index in [1.165, 1.54) is 28.1 Å². The number of sulfonamides is 1. The molecule has 1 fully saturated rings. The Labute approximate surface area is 189 Å². The Morgan fingerprint density at radius 2 is 1.81 bits per heavy atom. The van der Waals surface area contributed by atoms with Gasteiger partial charge in [-0.3, -0.25) is 4.79 Å². The molecule has 1 heterocycles. The van der Waals surface area contributed by atoms with Gasteiger partial charge in [-0.15, -0.1) is 0 Å². The summed E-state index contributed by atoms with van der Waals surface area (Å²) in [6.45, 7) is 3.70. The van der Waals surface area contributed by atoms with Crippen molar-refractivity contribution in [3.63, 3.8) is 0 Å². The maximum absolute atomic E-state index is 13.0. The van der Waals surface area contributed by atoms with Gasteiger partial charge in [-0.05, 0) is 55.2 Å². The fourth-order valence-electron chi connectivity index (χ4n) is 3.56. The molecule has 0 radical (unpaired) electrons. The lowest BCUT2D eigenvalue weighted by Gasteiger charge is -2.26. The number of hydrogen-bond acceptors (Lipinski definition) is 4. The molecule has 0 spiro atoms. The van der Waals surface area contributed by atoms with Gasteiger partial charge in [-0.2, -0.15) is 4.31 Å². The van der Waals surface area contributed by atoms with Crippen LogP contribution in [0.1, 0.15) is 48.5 Å². The third-order valence-corrected chi connectivity index (χ3v) is 7.62. The molecular formula is C23H29ClN2O4S. The molecule has 6 nitrogen and oxygen atoms in total. The zero-order valence-electron chi connectivity index (χ0n) is 17.8. The van der Waals surface area contributed by atoms with E-state index in [1.54, 1.807) is 0 Å². The van der Waals surface area contributed by atoms with Gasteiger partial charge in [-0.25, -0.2) is 8.42 Å². The molecule has 31 heavy (non-hydrogen) atoms. The number of rotatable bonds is 9. The summed E-state index contributed by atoms with van der Waals surface area (Å²) in [6.07, 6.45) is 4.81. The molecule has 0 unspecified atom stereocenters. The lowest BCUT2D eigenvalue weighted by Crippen LogP contribution is -2.36. The molecule has 168 valence electrons. The molecule has 8 heteroatoms. The Bertz CT molecular complexity index is 987. The maximum atomic E-state index is 13.0. The Balaban J connectivity index is 1.57. The molecule has 1 N–H and O–H groups in total. The molecule has 0 bridgehead atoms. The van der Waals surface area contributed by atoms with Gasteiger partial charge in [0.15, 0.2) is 0 Å². The second-order valence-electron chi connectivity index (χ2n) is 7.61. The van der Waals surface area contributed by atoms with E-state index in [-0.39, 0.29) is 21.4 Å². The minimum absolute atomic E-state index is 0.0212. The summed E-state index contributed by atoms with van der Waals surface area (Å²) >= 11 is 6.17. The third-order valence-electron chi connectivity index (χ3n) is 5.24. The molecule has 0 saturated carbocycles.